The number of ether oxygens (including phenoxy) is 1. The summed E-state index contributed by atoms with van der Waals surface area (Å²) in [4.78, 5) is 15.2. The lowest BCUT2D eigenvalue weighted by Crippen LogP contribution is -2.46. The van der Waals surface area contributed by atoms with Crippen molar-refractivity contribution >= 4 is 14.2 Å². The number of primary amides is 1. The molecule has 24 heavy (non-hydrogen) atoms. The van der Waals surface area contributed by atoms with E-state index in [1.807, 2.05) is 0 Å². The molecular weight excluding hydrogens is 324 g/mol. The van der Waals surface area contributed by atoms with Gasteiger partial charge in [-0.3, -0.25) is 4.79 Å². The first-order valence-corrected chi connectivity index (χ1v) is 11.4. The summed E-state index contributed by atoms with van der Waals surface area (Å²) in [5.74, 6) is -0.415. The van der Waals surface area contributed by atoms with Gasteiger partial charge in [0.1, 0.15) is 6.33 Å². The lowest BCUT2D eigenvalue weighted by molar-refractivity contribution is -0.0418. The van der Waals surface area contributed by atoms with E-state index in [1.54, 1.807) is 4.68 Å². The summed E-state index contributed by atoms with van der Waals surface area (Å²) in [6.45, 7) is 15.4. The van der Waals surface area contributed by atoms with Gasteiger partial charge >= 0.3 is 0 Å². The SMILES string of the molecule is CCC1OC(n2cnc(C(N)=O)n2)C(O[Si](C)(C)C(C)(C)C)C1C. The average molecular weight is 355 g/mol. The summed E-state index contributed by atoms with van der Waals surface area (Å²) in [5, 5.41) is 4.28. The molecule has 136 valence electrons. The maximum absolute atomic E-state index is 11.3. The smallest absolute Gasteiger partial charge is 0.288 e. The minimum atomic E-state index is -1.98. The molecule has 0 saturated carbocycles. The molecule has 1 amide bonds. The summed E-state index contributed by atoms with van der Waals surface area (Å²) in [6, 6.07) is 0. The van der Waals surface area contributed by atoms with Gasteiger partial charge in [-0.1, -0.05) is 34.6 Å². The van der Waals surface area contributed by atoms with Crippen LogP contribution in [-0.4, -0.2) is 41.2 Å². The van der Waals surface area contributed by atoms with Crippen LogP contribution in [0.2, 0.25) is 18.1 Å². The van der Waals surface area contributed by atoms with Gasteiger partial charge in [0, 0.05) is 5.92 Å². The second-order valence-corrected chi connectivity index (χ2v) is 12.8. The molecule has 1 fully saturated rings. The predicted molar refractivity (Wildman–Crippen MR) is 94.0 cm³/mol. The molecule has 2 rings (SSSR count). The second-order valence-electron chi connectivity index (χ2n) is 8.09. The Morgan fingerprint density at radius 3 is 2.54 bits per heavy atom. The van der Waals surface area contributed by atoms with Crippen molar-refractivity contribution < 1.29 is 14.0 Å². The van der Waals surface area contributed by atoms with Gasteiger partial charge in [0.15, 0.2) is 14.5 Å². The van der Waals surface area contributed by atoms with E-state index in [0.717, 1.165) is 6.42 Å². The Hall–Kier alpha value is -1.25. The van der Waals surface area contributed by atoms with Gasteiger partial charge in [-0.2, -0.15) is 0 Å². The molecule has 2 heterocycles. The van der Waals surface area contributed by atoms with E-state index in [0.29, 0.717) is 0 Å². The summed E-state index contributed by atoms with van der Waals surface area (Å²) in [5.41, 5.74) is 5.26. The third-order valence-electron chi connectivity index (χ3n) is 5.33. The Labute approximate surface area is 145 Å². The van der Waals surface area contributed by atoms with Gasteiger partial charge in [-0.25, -0.2) is 9.67 Å². The molecule has 0 bridgehead atoms. The van der Waals surface area contributed by atoms with Gasteiger partial charge in [0.05, 0.1) is 12.2 Å². The third-order valence-corrected chi connectivity index (χ3v) is 9.80. The van der Waals surface area contributed by atoms with Crippen molar-refractivity contribution in [2.24, 2.45) is 11.7 Å². The molecule has 4 atom stereocenters. The van der Waals surface area contributed by atoms with Crippen molar-refractivity contribution in [1.29, 1.82) is 0 Å². The Morgan fingerprint density at radius 1 is 1.46 bits per heavy atom. The highest BCUT2D eigenvalue weighted by Crippen LogP contribution is 2.43. The molecule has 0 radical (unpaired) electrons. The van der Waals surface area contributed by atoms with E-state index in [9.17, 15) is 4.79 Å². The van der Waals surface area contributed by atoms with Crippen molar-refractivity contribution in [3.63, 3.8) is 0 Å². The van der Waals surface area contributed by atoms with Gasteiger partial charge < -0.3 is 14.9 Å². The number of amides is 1. The molecule has 4 unspecified atom stereocenters. The molecule has 0 spiro atoms. The van der Waals surface area contributed by atoms with Crippen LogP contribution in [0.3, 0.4) is 0 Å². The molecular formula is C16H30N4O3Si. The number of aromatic nitrogens is 3. The van der Waals surface area contributed by atoms with Crippen molar-refractivity contribution in [3.05, 3.63) is 12.2 Å². The number of hydrogen-bond donors (Lipinski definition) is 1. The molecule has 8 heteroatoms. The van der Waals surface area contributed by atoms with Crippen molar-refractivity contribution in [2.45, 2.75) is 77.6 Å². The maximum Gasteiger partial charge on any atom is 0.288 e. The Balaban J connectivity index is 2.31. The van der Waals surface area contributed by atoms with E-state index in [1.165, 1.54) is 6.33 Å². The van der Waals surface area contributed by atoms with Crippen LogP contribution in [0.4, 0.5) is 0 Å². The van der Waals surface area contributed by atoms with Crippen molar-refractivity contribution in [3.8, 4) is 0 Å². The number of nitrogens with two attached hydrogens (primary N) is 1. The maximum atomic E-state index is 11.3. The quantitative estimate of drug-likeness (QED) is 0.821. The number of rotatable bonds is 5. The Bertz CT molecular complexity index is 596. The minimum Gasteiger partial charge on any atom is -0.409 e. The van der Waals surface area contributed by atoms with Crippen molar-refractivity contribution in [2.75, 3.05) is 0 Å². The standard InChI is InChI=1S/C16H30N4O3Si/c1-8-11-10(2)12(23-24(6,7)16(3,4)5)15(22-11)20-9-18-14(19-20)13(17)21/h9-12,15H,8H2,1-7H3,(H2,17,21). The predicted octanol–water partition coefficient (Wildman–Crippen LogP) is 2.71. The average Bonchev–Trinajstić information content (AvgIpc) is 3.04. The highest BCUT2D eigenvalue weighted by atomic mass is 28.4. The van der Waals surface area contributed by atoms with E-state index >= 15 is 0 Å². The largest absolute Gasteiger partial charge is 0.409 e. The molecule has 2 N–H and O–H groups in total. The van der Waals surface area contributed by atoms with E-state index < -0.39 is 14.2 Å². The number of nitrogens with zero attached hydrogens (tertiary/aromatic N) is 3. The van der Waals surface area contributed by atoms with Crippen LogP contribution in [0.5, 0.6) is 0 Å². The van der Waals surface area contributed by atoms with Crippen LogP contribution in [-0.2, 0) is 9.16 Å². The highest BCUT2D eigenvalue weighted by molar-refractivity contribution is 6.74. The molecule has 1 aliphatic rings. The Morgan fingerprint density at radius 2 is 2.08 bits per heavy atom. The third kappa shape index (κ3) is 3.55. The first kappa shape index (κ1) is 19.1. The molecule has 1 saturated heterocycles. The van der Waals surface area contributed by atoms with Crippen LogP contribution in [0.25, 0.3) is 0 Å². The van der Waals surface area contributed by atoms with Gasteiger partial charge in [0.2, 0.25) is 5.82 Å². The Kier molecular flexibility index (Phi) is 5.22. The van der Waals surface area contributed by atoms with Gasteiger partial charge in [0.25, 0.3) is 5.91 Å². The van der Waals surface area contributed by atoms with E-state index in [2.05, 4.69) is 57.8 Å². The fourth-order valence-electron chi connectivity index (χ4n) is 2.73. The molecule has 0 aliphatic carbocycles. The normalized spacial score (nSPS) is 28.3. The molecule has 1 aliphatic heterocycles. The fourth-order valence-corrected chi connectivity index (χ4v) is 4.09. The summed E-state index contributed by atoms with van der Waals surface area (Å²) in [6.07, 6.45) is 1.97. The zero-order chi connectivity index (χ0) is 18.3. The minimum absolute atomic E-state index is 0.00252. The highest BCUT2D eigenvalue weighted by Gasteiger charge is 2.48. The summed E-state index contributed by atoms with van der Waals surface area (Å²) in [7, 11) is -1.98. The zero-order valence-electron chi connectivity index (χ0n) is 15.7. The fraction of sp³-hybridized carbons (Fsp3) is 0.812. The first-order valence-electron chi connectivity index (χ1n) is 8.52. The lowest BCUT2D eigenvalue weighted by atomic mass is 9.99. The van der Waals surface area contributed by atoms with Crippen LogP contribution >= 0.6 is 0 Å². The summed E-state index contributed by atoms with van der Waals surface area (Å²) < 4.78 is 14.4. The van der Waals surface area contributed by atoms with Crippen molar-refractivity contribution in [1.82, 2.24) is 14.8 Å². The van der Waals surface area contributed by atoms with Crippen LogP contribution in [0.15, 0.2) is 6.33 Å². The number of carbonyl (C=O) groups is 1. The number of hydrogen-bond acceptors (Lipinski definition) is 5. The first-order chi connectivity index (χ1) is 11.0. The van der Waals surface area contributed by atoms with Crippen LogP contribution < -0.4 is 5.73 Å². The van der Waals surface area contributed by atoms with Gasteiger partial charge in [-0.15, -0.1) is 5.10 Å². The zero-order valence-corrected chi connectivity index (χ0v) is 16.7. The molecule has 1 aromatic rings. The molecule has 1 aromatic heterocycles. The summed E-state index contributed by atoms with van der Waals surface area (Å²) >= 11 is 0. The lowest BCUT2D eigenvalue weighted by Gasteiger charge is -2.40. The van der Waals surface area contributed by atoms with Crippen LogP contribution in [0, 0.1) is 5.92 Å². The van der Waals surface area contributed by atoms with Crippen LogP contribution in [0.1, 0.15) is 57.9 Å². The van der Waals surface area contributed by atoms with E-state index in [4.69, 9.17) is 14.9 Å². The topological polar surface area (TPSA) is 92.3 Å². The number of carbonyl (C=O) groups excluding carboxylic acids is 1. The van der Waals surface area contributed by atoms with E-state index in [-0.39, 0.29) is 35.2 Å². The van der Waals surface area contributed by atoms with Gasteiger partial charge in [-0.05, 0) is 24.6 Å². The second kappa shape index (κ2) is 6.57. The molecule has 0 aromatic carbocycles. The molecule has 7 nitrogen and oxygen atoms in total. The monoisotopic (exact) mass is 354 g/mol.